The first kappa shape index (κ1) is 14.0. The minimum Gasteiger partial charge on any atom is -0.465 e. The summed E-state index contributed by atoms with van der Waals surface area (Å²) in [4.78, 5) is 23.2. The maximum Gasteiger partial charge on any atom is 0.320 e. The Morgan fingerprint density at radius 2 is 1.75 bits per heavy atom. The number of ether oxygens (including phenoxy) is 1. The molecule has 0 aliphatic heterocycles. The van der Waals surface area contributed by atoms with E-state index >= 15 is 0 Å². The number of aldehydes is 1. The molecule has 0 N–H and O–H groups in total. The molecule has 2 aromatic rings. The highest BCUT2D eigenvalue weighted by atomic mass is 16.5. The molecule has 0 radical (unpaired) electrons. The van der Waals surface area contributed by atoms with E-state index in [-0.39, 0.29) is 6.61 Å². The Kier molecular flexibility index (Phi) is 4.66. The molecule has 0 spiro atoms. The molecule has 2 aromatic carbocycles. The minimum atomic E-state index is -0.883. The lowest BCUT2D eigenvalue weighted by atomic mass is 9.91. The summed E-state index contributed by atoms with van der Waals surface area (Å²) in [6, 6.07) is 17.1. The second-order valence-corrected chi connectivity index (χ2v) is 4.32. The van der Waals surface area contributed by atoms with E-state index < -0.39 is 11.9 Å². The van der Waals surface area contributed by atoms with Gasteiger partial charge in [-0.1, -0.05) is 54.6 Å². The number of esters is 1. The van der Waals surface area contributed by atoms with Crippen molar-refractivity contribution in [1.82, 2.24) is 0 Å². The zero-order valence-electron chi connectivity index (χ0n) is 11.3. The van der Waals surface area contributed by atoms with E-state index in [1.54, 1.807) is 13.0 Å². The SMILES string of the molecule is CCOC(=O)C(C=O)c1ccccc1-c1ccccc1. The highest BCUT2D eigenvalue weighted by molar-refractivity contribution is 5.96. The molecule has 0 aliphatic carbocycles. The van der Waals surface area contributed by atoms with E-state index in [1.807, 2.05) is 48.5 Å². The molecule has 3 heteroatoms. The molecule has 0 saturated heterocycles. The number of hydrogen-bond acceptors (Lipinski definition) is 3. The zero-order valence-corrected chi connectivity index (χ0v) is 11.3. The molecule has 0 aromatic heterocycles. The van der Waals surface area contributed by atoms with Crippen LogP contribution < -0.4 is 0 Å². The molecule has 0 amide bonds. The number of benzene rings is 2. The van der Waals surface area contributed by atoms with Gasteiger partial charge in [0.15, 0.2) is 0 Å². The summed E-state index contributed by atoms with van der Waals surface area (Å²) in [6.45, 7) is 1.99. The summed E-state index contributed by atoms with van der Waals surface area (Å²) in [5, 5.41) is 0. The molecular formula is C17H16O3. The van der Waals surface area contributed by atoms with Crippen LogP contribution in [0.4, 0.5) is 0 Å². The first-order valence-electron chi connectivity index (χ1n) is 6.54. The van der Waals surface area contributed by atoms with Gasteiger partial charge in [-0.2, -0.15) is 0 Å². The van der Waals surface area contributed by atoms with E-state index in [0.29, 0.717) is 11.8 Å². The predicted octanol–water partition coefficient (Wildman–Crippen LogP) is 3.20. The van der Waals surface area contributed by atoms with Crippen molar-refractivity contribution in [3.05, 3.63) is 60.2 Å². The number of rotatable bonds is 5. The van der Waals surface area contributed by atoms with Gasteiger partial charge in [-0.05, 0) is 23.6 Å². The van der Waals surface area contributed by atoms with Crippen LogP contribution in [-0.2, 0) is 14.3 Å². The van der Waals surface area contributed by atoms with E-state index in [1.165, 1.54) is 0 Å². The Labute approximate surface area is 118 Å². The van der Waals surface area contributed by atoms with Crippen LogP contribution in [0.3, 0.4) is 0 Å². The molecule has 0 saturated carbocycles. The first-order valence-corrected chi connectivity index (χ1v) is 6.54. The van der Waals surface area contributed by atoms with Gasteiger partial charge in [-0.3, -0.25) is 4.79 Å². The Hall–Kier alpha value is -2.42. The molecule has 20 heavy (non-hydrogen) atoms. The van der Waals surface area contributed by atoms with E-state index in [2.05, 4.69) is 0 Å². The Morgan fingerprint density at radius 3 is 2.40 bits per heavy atom. The average molecular weight is 268 g/mol. The monoisotopic (exact) mass is 268 g/mol. The van der Waals surface area contributed by atoms with Crippen molar-refractivity contribution in [1.29, 1.82) is 0 Å². The summed E-state index contributed by atoms with van der Waals surface area (Å²) in [5.41, 5.74) is 2.52. The molecule has 1 atom stereocenters. The summed E-state index contributed by atoms with van der Waals surface area (Å²) in [5.74, 6) is -1.39. The third kappa shape index (κ3) is 2.94. The highest BCUT2D eigenvalue weighted by Crippen LogP contribution is 2.29. The van der Waals surface area contributed by atoms with Crippen LogP contribution in [0.2, 0.25) is 0 Å². The van der Waals surface area contributed by atoms with E-state index in [0.717, 1.165) is 11.1 Å². The fourth-order valence-corrected chi connectivity index (χ4v) is 2.14. The van der Waals surface area contributed by atoms with Crippen molar-refractivity contribution < 1.29 is 14.3 Å². The van der Waals surface area contributed by atoms with Crippen molar-refractivity contribution in [2.75, 3.05) is 6.61 Å². The molecule has 0 aliphatic rings. The first-order chi connectivity index (χ1) is 9.77. The van der Waals surface area contributed by atoms with Crippen LogP contribution in [-0.4, -0.2) is 18.9 Å². The van der Waals surface area contributed by atoms with Gasteiger partial charge in [-0.25, -0.2) is 0 Å². The topological polar surface area (TPSA) is 43.4 Å². The predicted molar refractivity (Wildman–Crippen MR) is 77.3 cm³/mol. The van der Waals surface area contributed by atoms with Gasteiger partial charge in [0.2, 0.25) is 0 Å². The fraction of sp³-hybridized carbons (Fsp3) is 0.176. The molecule has 2 rings (SSSR count). The Balaban J connectivity index is 2.46. The number of hydrogen-bond donors (Lipinski definition) is 0. The van der Waals surface area contributed by atoms with E-state index in [9.17, 15) is 9.59 Å². The lowest BCUT2D eigenvalue weighted by Gasteiger charge is -2.14. The van der Waals surface area contributed by atoms with Crippen LogP contribution in [0, 0.1) is 0 Å². The average Bonchev–Trinajstić information content (AvgIpc) is 2.50. The van der Waals surface area contributed by atoms with Crippen LogP contribution >= 0.6 is 0 Å². The normalized spacial score (nSPS) is 11.7. The molecule has 0 heterocycles. The number of carbonyl (C=O) groups excluding carboxylic acids is 2. The largest absolute Gasteiger partial charge is 0.465 e. The molecule has 0 bridgehead atoms. The van der Waals surface area contributed by atoms with Crippen LogP contribution in [0.5, 0.6) is 0 Å². The minimum absolute atomic E-state index is 0.261. The van der Waals surface area contributed by atoms with Gasteiger partial charge < -0.3 is 9.53 Å². The highest BCUT2D eigenvalue weighted by Gasteiger charge is 2.24. The van der Waals surface area contributed by atoms with Crippen molar-refractivity contribution >= 4 is 12.3 Å². The molecule has 102 valence electrons. The smallest absolute Gasteiger partial charge is 0.320 e. The van der Waals surface area contributed by atoms with Gasteiger partial charge in [-0.15, -0.1) is 0 Å². The maximum atomic E-state index is 11.9. The Morgan fingerprint density at radius 1 is 1.10 bits per heavy atom. The van der Waals surface area contributed by atoms with Crippen LogP contribution in [0.25, 0.3) is 11.1 Å². The molecular weight excluding hydrogens is 252 g/mol. The summed E-state index contributed by atoms with van der Waals surface area (Å²) >= 11 is 0. The second kappa shape index (κ2) is 6.66. The third-order valence-corrected chi connectivity index (χ3v) is 3.06. The van der Waals surface area contributed by atoms with Crippen molar-refractivity contribution in [3.8, 4) is 11.1 Å². The van der Waals surface area contributed by atoms with Crippen molar-refractivity contribution in [3.63, 3.8) is 0 Å². The zero-order chi connectivity index (χ0) is 14.4. The fourth-order valence-electron chi connectivity index (χ4n) is 2.14. The van der Waals surface area contributed by atoms with Gasteiger partial charge >= 0.3 is 5.97 Å². The van der Waals surface area contributed by atoms with Gasteiger partial charge in [0.05, 0.1) is 6.61 Å². The third-order valence-electron chi connectivity index (χ3n) is 3.06. The quantitative estimate of drug-likeness (QED) is 0.475. The Bertz CT molecular complexity index is 590. The molecule has 1 unspecified atom stereocenters. The van der Waals surface area contributed by atoms with Crippen LogP contribution in [0.1, 0.15) is 18.4 Å². The molecule has 0 fully saturated rings. The van der Waals surface area contributed by atoms with Crippen molar-refractivity contribution in [2.24, 2.45) is 0 Å². The number of carbonyl (C=O) groups is 2. The lowest BCUT2D eigenvalue weighted by molar-refractivity contribution is -0.145. The maximum absolute atomic E-state index is 11.9. The molecule has 3 nitrogen and oxygen atoms in total. The van der Waals surface area contributed by atoms with Gasteiger partial charge in [0, 0.05) is 0 Å². The standard InChI is InChI=1S/C17H16O3/c1-2-20-17(19)16(12-18)15-11-7-6-10-14(15)13-8-4-3-5-9-13/h3-12,16H,2H2,1H3. The van der Waals surface area contributed by atoms with Crippen molar-refractivity contribution in [2.45, 2.75) is 12.8 Å². The summed E-state index contributed by atoms with van der Waals surface area (Å²) in [7, 11) is 0. The summed E-state index contributed by atoms with van der Waals surface area (Å²) in [6.07, 6.45) is 0.639. The van der Waals surface area contributed by atoms with Gasteiger partial charge in [0.1, 0.15) is 12.2 Å². The van der Waals surface area contributed by atoms with Gasteiger partial charge in [0.25, 0.3) is 0 Å². The van der Waals surface area contributed by atoms with E-state index in [4.69, 9.17) is 4.74 Å². The lowest BCUT2D eigenvalue weighted by Crippen LogP contribution is -2.18. The second-order valence-electron chi connectivity index (χ2n) is 4.32. The van der Waals surface area contributed by atoms with Crippen LogP contribution in [0.15, 0.2) is 54.6 Å². The summed E-state index contributed by atoms with van der Waals surface area (Å²) < 4.78 is 4.97.